The van der Waals surface area contributed by atoms with Crippen molar-refractivity contribution in [3.05, 3.63) is 53.1 Å². The van der Waals surface area contributed by atoms with Gasteiger partial charge in [-0.15, -0.1) is 10.2 Å². The predicted octanol–water partition coefficient (Wildman–Crippen LogP) is 4.81. The largest absolute Gasteiger partial charge is 0.416 e. The highest BCUT2D eigenvalue weighted by molar-refractivity contribution is 6.31. The van der Waals surface area contributed by atoms with Crippen LogP contribution in [0.15, 0.2) is 42.5 Å². The summed E-state index contributed by atoms with van der Waals surface area (Å²) in [5.41, 5.74) is -0.0111. The number of fused-ring (bicyclic) bond motifs is 1. The average Bonchev–Trinajstić information content (AvgIpc) is 2.67. The number of morpholine rings is 1. The minimum atomic E-state index is -4.43. The van der Waals surface area contributed by atoms with Crippen LogP contribution in [-0.2, 0) is 10.9 Å². The van der Waals surface area contributed by atoms with Crippen molar-refractivity contribution in [2.24, 2.45) is 0 Å². The molecule has 1 aromatic heterocycles. The molecule has 8 heteroatoms. The summed E-state index contributed by atoms with van der Waals surface area (Å²) in [6, 6.07) is 10.4. The number of alkyl halides is 3. The third-order valence-corrected chi connectivity index (χ3v) is 4.73. The second-order valence-electron chi connectivity index (χ2n) is 6.24. The van der Waals surface area contributed by atoms with E-state index in [-0.39, 0.29) is 0 Å². The van der Waals surface area contributed by atoms with Gasteiger partial charge >= 0.3 is 6.18 Å². The zero-order chi connectivity index (χ0) is 19.0. The van der Waals surface area contributed by atoms with Crippen LogP contribution in [0.1, 0.15) is 5.56 Å². The van der Waals surface area contributed by atoms with Gasteiger partial charge in [0.25, 0.3) is 0 Å². The number of halogens is 4. The smallest absolute Gasteiger partial charge is 0.378 e. The number of nitrogens with zero attached hydrogens (tertiary/aromatic N) is 3. The molecule has 0 unspecified atom stereocenters. The van der Waals surface area contributed by atoms with Gasteiger partial charge < -0.3 is 9.64 Å². The van der Waals surface area contributed by atoms with Gasteiger partial charge in [0.2, 0.25) is 0 Å². The molecule has 3 aromatic rings. The van der Waals surface area contributed by atoms with Gasteiger partial charge in [0.1, 0.15) is 5.69 Å². The van der Waals surface area contributed by atoms with Gasteiger partial charge in [0.05, 0.1) is 18.8 Å². The number of rotatable bonds is 2. The van der Waals surface area contributed by atoms with Crippen LogP contribution in [0.2, 0.25) is 5.02 Å². The predicted molar refractivity (Wildman–Crippen MR) is 98.0 cm³/mol. The summed E-state index contributed by atoms with van der Waals surface area (Å²) in [6.45, 7) is 2.53. The number of anilines is 1. The van der Waals surface area contributed by atoms with E-state index < -0.39 is 11.7 Å². The van der Waals surface area contributed by atoms with Gasteiger partial charge in [-0.1, -0.05) is 23.7 Å². The lowest BCUT2D eigenvalue weighted by Crippen LogP contribution is -2.37. The Labute approximate surface area is 158 Å². The highest BCUT2D eigenvalue weighted by Crippen LogP contribution is 2.36. The maximum Gasteiger partial charge on any atom is 0.416 e. The Hall–Kier alpha value is -2.38. The number of ether oxygens (including phenoxy) is 1. The van der Waals surface area contributed by atoms with Crippen LogP contribution < -0.4 is 4.90 Å². The van der Waals surface area contributed by atoms with Crippen molar-refractivity contribution in [3.8, 4) is 11.3 Å². The fourth-order valence-corrected chi connectivity index (χ4v) is 3.35. The molecular formula is C19H15ClF3N3O. The first-order valence-electron chi connectivity index (χ1n) is 8.40. The van der Waals surface area contributed by atoms with Crippen molar-refractivity contribution in [2.75, 3.05) is 31.2 Å². The molecule has 0 N–H and O–H groups in total. The third-order valence-electron chi connectivity index (χ3n) is 4.50. The zero-order valence-corrected chi connectivity index (χ0v) is 14.9. The second-order valence-corrected chi connectivity index (χ2v) is 6.68. The molecule has 0 bridgehead atoms. The van der Waals surface area contributed by atoms with Gasteiger partial charge in [-0.25, -0.2) is 0 Å². The van der Waals surface area contributed by atoms with E-state index in [9.17, 15) is 13.2 Å². The van der Waals surface area contributed by atoms with Gasteiger partial charge in [-0.05, 0) is 30.3 Å². The Morgan fingerprint density at radius 3 is 2.48 bits per heavy atom. The highest BCUT2D eigenvalue weighted by Gasteiger charge is 2.30. The van der Waals surface area contributed by atoms with Crippen molar-refractivity contribution in [1.29, 1.82) is 0 Å². The van der Waals surface area contributed by atoms with Crippen molar-refractivity contribution in [1.82, 2.24) is 10.2 Å². The lowest BCUT2D eigenvalue weighted by molar-refractivity contribution is -0.137. The van der Waals surface area contributed by atoms with E-state index in [1.165, 1.54) is 6.07 Å². The summed E-state index contributed by atoms with van der Waals surface area (Å²) in [6.07, 6.45) is -4.43. The first kappa shape index (κ1) is 18.0. The number of hydrogen-bond acceptors (Lipinski definition) is 4. The Bertz CT molecular complexity index is 988. The van der Waals surface area contributed by atoms with Crippen LogP contribution in [-0.4, -0.2) is 36.5 Å². The van der Waals surface area contributed by atoms with Crippen molar-refractivity contribution < 1.29 is 17.9 Å². The SMILES string of the molecule is FC(F)(F)c1cccc(-c2nnc(N3CCOCC3)c3ccc(Cl)cc23)c1. The fraction of sp³-hybridized carbons (Fsp3) is 0.263. The lowest BCUT2D eigenvalue weighted by atomic mass is 10.0. The Balaban J connectivity index is 1.88. The molecule has 4 rings (SSSR count). The molecular weight excluding hydrogens is 379 g/mol. The van der Waals surface area contributed by atoms with Crippen molar-refractivity contribution >= 4 is 28.2 Å². The molecule has 0 aliphatic carbocycles. The maximum absolute atomic E-state index is 13.1. The van der Waals surface area contributed by atoms with Crippen LogP contribution in [0.5, 0.6) is 0 Å². The van der Waals surface area contributed by atoms with E-state index in [0.29, 0.717) is 53.8 Å². The molecule has 27 heavy (non-hydrogen) atoms. The van der Waals surface area contributed by atoms with Gasteiger partial charge in [-0.3, -0.25) is 0 Å². The maximum atomic E-state index is 13.1. The van der Waals surface area contributed by atoms with Gasteiger partial charge in [-0.2, -0.15) is 13.2 Å². The number of hydrogen-bond donors (Lipinski definition) is 0. The Morgan fingerprint density at radius 1 is 0.963 bits per heavy atom. The molecule has 2 heterocycles. The topological polar surface area (TPSA) is 38.2 Å². The van der Waals surface area contributed by atoms with Crippen LogP contribution in [0.3, 0.4) is 0 Å². The highest BCUT2D eigenvalue weighted by atomic mass is 35.5. The first-order chi connectivity index (χ1) is 12.9. The Kier molecular flexibility index (Phi) is 4.65. The summed E-state index contributed by atoms with van der Waals surface area (Å²) >= 11 is 6.16. The van der Waals surface area contributed by atoms with E-state index >= 15 is 0 Å². The summed E-state index contributed by atoms with van der Waals surface area (Å²) in [5.74, 6) is 0.681. The first-order valence-corrected chi connectivity index (χ1v) is 8.77. The van der Waals surface area contributed by atoms with E-state index in [1.807, 2.05) is 6.07 Å². The molecule has 1 fully saturated rings. The third kappa shape index (κ3) is 3.57. The second kappa shape index (κ2) is 6.98. The minimum absolute atomic E-state index is 0.345. The monoisotopic (exact) mass is 393 g/mol. The number of benzene rings is 2. The number of aromatic nitrogens is 2. The summed E-state index contributed by atoms with van der Waals surface area (Å²) in [5, 5.41) is 10.5. The molecule has 0 radical (unpaired) electrons. The van der Waals surface area contributed by atoms with Crippen LogP contribution in [0.25, 0.3) is 22.0 Å². The van der Waals surface area contributed by atoms with Crippen molar-refractivity contribution in [3.63, 3.8) is 0 Å². The molecule has 1 saturated heterocycles. The molecule has 0 spiro atoms. The van der Waals surface area contributed by atoms with E-state index in [0.717, 1.165) is 17.5 Å². The molecule has 0 saturated carbocycles. The molecule has 0 atom stereocenters. The van der Waals surface area contributed by atoms with Crippen molar-refractivity contribution in [2.45, 2.75) is 6.18 Å². The molecule has 1 aliphatic rings. The van der Waals surface area contributed by atoms with Gasteiger partial charge in [0.15, 0.2) is 5.82 Å². The van der Waals surface area contributed by atoms with E-state index in [2.05, 4.69) is 15.1 Å². The minimum Gasteiger partial charge on any atom is -0.378 e. The van der Waals surface area contributed by atoms with Crippen LogP contribution >= 0.6 is 11.6 Å². The molecule has 140 valence electrons. The molecule has 1 aliphatic heterocycles. The zero-order valence-electron chi connectivity index (χ0n) is 14.1. The quantitative estimate of drug-likeness (QED) is 0.626. The normalized spacial score (nSPS) is 15.3. The lowest BCUT2D eigenvalue weighted by Gasteiger charge is -2.28. The average molecular weight is 394 g/mol. The van der Waals surface area contributed by atoms with E-state index in [4.69, 9.17) is 16.3 Å². The summed E-state index contributed by atoms with van der Waals surface area (Å²) < 4.78 is 44.7. The summed E-state index contributed by atoms with van der Waals surface area (Å²) in [4.78, 5) is 2.06. The van der Waals surface area contributed by atoms with Gasteiger partial charge in [0, 0.05) is 34.4 Å². The van der Waals surface area contributed by atoms with Crippen LogP contribution in [0.4, 0.5) is 19.0 Å². The molecule has 0 amide bonds. The Morgan fingerprint density at radius 2 is 1.74 bits per heavy atom. The summed E-state index contributed by atoms with van der Waals surface area (Å²) in [7, 11) is 0. The molecule has 4 nitrogen and oxygen atoms in total. The fourth-order valence-electron chi connectivity index (χ4n) is 3.18. The standard InChI is InChI=1S/C19H15ClF3N3O/c20-14-4-5-15-16(11-14)17(12-2-1-3-13(10-12)19(21,22)23)24-25-18(15)26-6-8-27-9-7-26/h1-5,10-11H,6-9H2. The molecule has 2 aromatic carbocycles. The van der Waals surface area contributed by atoms with Crippen LogP contribution in [0, 0.1) is 0 Å². The van der Waals surface area contributed by atoms with E-state index in [1.54, 1.807) is 18.2 Å².